The van der Waals surface area contributed by atoms with Gasteiger partial charge in [-0.25, -0.2) is 9.97 Å². The quantitative estimate of drug-likeness (QED) is 0.657. The molecule has 2 aromatic rings. The lowest BCUT2D eigenvalue weighted by molar-refractivity contribution is -0.384. The maximum Gasteiger partial charge on any atom is 0.329 e. The van der Waals surface area contributed by atoms with Gasteiger partial charge in [0.25, 0.3) is 0 Å². The lowest BCUT2D eigenvalue weighted by atomic mass is 10.2. The number of nitro groups is 1. The highest BCUT2D eigenvalue weighted by molar-refractivity contribution is 5.67. The summed E-state index contributed by atoms with van der Waals surface area (Å²) in [5, 5.41) is 10.5. The molecule has 0 radical (unpaired) electrons. The van der Waals surface area contributed by atoms with E-state index in [0.717, 1.165) is 11.8 Å². The molecule has 0 saturated heterocycles. The van der Waals surface area contributed by atoms with Gasteiger partial charge in [-0.05, 0) is 11.6 Å². The largest absolute Gasteiger partial charge is 0.378 e. The van der Waals surface area contributed by atoms with Crippen LogP contribution in [0.15, 0.2) is 36.5 Å². The lowest BCUT2D eigenvalue weighted by Gasteiger charge is -1.97. The molecule has 0 bridgehead atoms. The van der Waals surface area contributed by atoms with Crippen molar-refractivity contribution in [2.75, 3.05) is 5.73 Å². The minimum absolute atomic E-state index is 0.136. The molecule has 18 heavy (non-hydrogen) atoms. The summed E-state index contributed by atoms with van der Waals surface area (Å²) < 4.78 is 0. The zero-order valence-corrected chi connectivity index (χ0v) is 9.35. The third kappa shape index (κ3) is 2.67. The highest BCUT2D eigenvalue weighted by atomic mass is 16.6. The van der Waals surface area contributed by atoms with Crippen LogP contribution in [0.2, 0.25) is 0 Å². The van der Waals surface area contributed by atoms with Crippen LogP contribution in [0.3, 0.4) is 0 Å². The van der Waals surface area contributed by atoms with Gasteiger partial charge in [0.05, 0.1) is 4.92 Å². The van der Waals surface area contributed by atoms with Gasteiger partial charge in [-0.2, -0.15) is 0 Å². The molecular weight excluding hydrogens is 232 g/mol. The standard InChI is InChI=1S/C12H10N4O2/c13-12-10(16(17)18)8-14-11(15-12)7-6-9-4-2-1-3-5-9/h1-8H,(H2,13,14,15). The summed E-state index contributed by atoms with van der Waals surface area (Å²) in [6.07, 6.45) is 4.56. The number of nitrogen functional groups attached to an aromatic ring is 1. The number of aromatic nitrogens is 2. The molecule has 0 unspecified atom stereocenters. The summed E-state index contributed by atoms with van der Waals surface area (Å²) in [6.45, 7) is 0. The number of nitrogens with two attached hydrogens (primary N) is 1. The monoisotopic (exact) mass is 242 g/mol. The Labute approximate surface area is 103 Å². The van der Waals surface area contributed by atoms with Crippen molar-refractivity contribution in [3.05, 3.63) is 58.0 Å². The van der Waals surface area contributed by atoms with Crippen LogP contribution in [0, 0.1) is 10.1 Å². The summed E-state index contributed by atoms with van der Waals surface area (Å²) in [6, 6.07) is 9.57. The van der Waals surface area contributed by atoms with Crippen molar-refractivity contribution in [3.63, 3.8) is 0 Å². The minimum Gasteiger partial charge on any atom is -0.378 e. The van der Waals surface area contributed by atoms with E-state index in [4.69, 9.17) is 5.73 Å². The third-order valence-electron chi connectivity index (χ3n) is 2.24. The Morgan fingerprint density at radius 2 is 1.94 bits per heavy atom. The molecule has 0 aliphatic carbocycles. The Morgan fingerprint density at radius 3 is 2.56 bits per heavy atom. The van der Waals surface area contributed by atoms with Crippen molar-refractivity contribution < 1.29 is 4.92 Å². The maximum atomic E-state index is 10.5. The maximum absolute atomic E-state index is 10.5. The fourth-order valence-corrected chi connectivity index (χ4v) is 1.36. The number of hydrogen-bond acceptors (Lipinski definition) is 5. The summed E-state index contributed by atoms with van der Waals surface area (Å²) in [4.78, 5) is 17.6. The van der Waals surface area contributed by atoms with E-state index >= 15 is 0 Å². The van der Waals surface area contributed by atoms with Crippen molar-refractivity contribution in [3.8, 4) is 0 Å². The van der Waals surface area contributed by atoms with Crippen LogP contribution in [-0.2, 0) is 0 Å². The van der Waals surface area contributed by atoms with Crippen LogP contribution < -0.4 is 5.73 Å². The zero-order chi connectivity index (χ0) is 13.0. The highest BCUT2D eigenvalue weighted by Gasteiger charge is 2.12. The summed E-state index contributed by atoms with van der Waals surface area (Å²) in [5.74, 6) is 0.199. The highest BCUT2D eigenvalue weighted by Crippen LogP contribution is 2.17. The summed E-state index contributed by atoms with van der Waals surface area (Å²) >= 11 is 0. The Morgan fingerprint density at radius 1 is 1.22 bits per heavy atom. The molecule has 2 N–H and O–H groups in total. The molecule has 1 aromatic heterocycles. The van der Waals surface area contributed by atoms with Crippen LogP contribution >= 0.6 is 0 Å². The molecule has 1 aromatic carbocycles. The second kappa shape index (κ2) is 5.05. The van der Waals surface area contributed by atoms with Crippen LogP contribution in [0.5, 0.6) is 0 Å². The molecule has 2 rings (SSSR count). The van der Waals surface area contributed by atoms with E-state index in [1.54, 1.807) is 12.2 Å². The van der Waals surface area contributed by atoms with Crippen molar-refractivity contribution in [1.82, 2.24) is 9.97 Å². The van der Waals surface area contributed by atoms with E-state index in [0.29, 0.717) is 5.82 Å². The van der Waals surface area contributed by atoms with Crippen LogP contribution in [0.25, 0.3) is 12.2 Å². The van der Waals surface area contributed by atoms with Gasteiger partial charge in [-0.1, -0.05) is 36.4 Å². The molecule has 0 aliphatic heterocycles. The number of nitrogens with zero attached hydrogens (tertiary/aromatic N) is 3. The van der Waals surface area contributed by atoms with Crippen LogP contribution in [-0.4, -0.2) is 14.9 Å². The van der Waals surface area contributed by atoms with Gasteiger partial charge >= 0.3 is 5.69 Å². The van der Waals surface area contributed by atoms with Gasteiger partial charge < -0.3 is 5.73 Å². The number of anilines is 1. The van der Waals surface area contributed by atoms with Crippen molar-refractivity contribution in [2.45, 2.75) is 0 Å². The molecule has 0 spiro atoms. The van der Waals surface area contributed by atoms with Gasteiger partial charge in [-0.3, -0.25) is 10.1 Å². The Hall–Kier alpha value is -2.76. The van der Waals surface area contributed by atoms with E-state index < -0.39 is 4.92 Å². The first-order valence-corrected chi connectivity index (χ1v) is 5.17. The topological polar surface area (TPSA) is 94.9 Å². The number of hydrogen-bond donors (Lipinski definition) is 1. The average Bonchev–Trinajstić information content (AvgIpc) is 2.37. The predicted molar refractivity (Wildman–Crippen MR) is 68.5 cm³/mol. The molecule has 6 heteroatoms. The number of rotatable bonds is 3. The molecular formula is C12H10N4O2. The second-order valence-corrected chi connectivity index (χ2v) is 3.50. The van der Waals surface area contributed by atoms with Crippen LogP contribution in [0.1, 0.15) is 11.4 Å². The Bertz CT molecular complexity index is 596. The SMILES string of the molecule is Nc1nc(C=Cc2ccccc2)ncc1[N+](=O)[O-]. The van der Waals surface area contributed by atoms with Gasteiger partial charge in [-0.15, -0.1) is 0 Å². The predicted octanol–water partition coefficient (Wildman–Crippen LogP) is 2.14. The summed E-state index contributed by atoms with van der Waals surface area (Å²) in [7, 11) is 0. The van der Waals surface area contributed by atoms with Crippen molar-refractivity contribution in [2.24, 2.45) is 0 Å². The lowest BCUT2D eigenvalue weighted by Crippen LogP contribution is -2.01. The molecule has 0 saturated carbocycles. The first kappa shape index (κ1) is 11.7. The first-order chi connectivity index (χ1) is 8.66. The smallest absolute Gasteiger partial charge is 0.329 e. The second-order valence-electron chi connectivity index (χ2n) is 3.50. The fraction of sp³-hybridized carbons (Fsp3) is 0. The van der Waals surface area contributed by atoms with Crippen molar-refractivity contribution >= 4 is 23.7 Å². The molecule has 0 fully saturated rings. The van der Waals surface area contributed by atoms with Gasteiger partial charge in [0.1, 0.15) is 6.20 Å². The van der Waals surface area contributed by atoms with Gasteiger partial charge in [0, 0.05) is 0 Å². The normalized spacial score (nSPS) is 10.7. The van der Waals surface area contributed by atoms with E-state index in [9.17, 15) is 10.1 Å². The molecule has 6 nitrogen and oxygen atoms in total. The molecule has 0 aliphatic rings. The van der Waals surface area contributed by atoms with Crippen molar-refractivity contribution in [1.29, 1.82) is 0 Å². The van der Waals surface area contributed by atoms with E-state index in [-0.39, 0.29) is 11.5 Å². The molecule has 90 valence electrons. The Kier molecular flexibility index (Phi) is 3.29. The first-order valence-electron chi connectivity index (χ1n) is 5.17. The molecule has 0 amide bonds. The average molecular weight is 242 g/mol. The molecule has 0 atom stereocenters. The third-order valence-corrected chi connectivity index (χ3v) is 2.24. The minimum atomic E-state index is -0.611. The van der Waals surface area contributed by atoms with E-state index in [1.807, 2.05) is 30.3 Å². The van der Waals surface area contributed by atoms with E-state index in [2.05, 4.69) is 9.97 Å². The Balaban J connectivity index is 2.23. The number of benzene rings is 1. The zero-order valence-electron chi connectivity index (χ0n) is 9.35. The van der Waals surface area contributed by atoms with E-state index in [1.165, 1.54) is 0 Å². The fourth-order valence-electron chi connectivity index (χ4n) is 1.36. The van der Waals surface area contributed by atoms with Gasteiger partial charge in [0.2, 0.25) is 5.82 Å². The van der Waals surface area contributed by atoms with Gasteiger partial charge in [0.15, 0.2) is 5.82 Å². The van der Waals surface area contributed by atoms with Crippen LogP contribution in [0.4, 0.5) is 11.5 Å². The summed E-state index contributed by atoms with van der Waals surface area (Å²) in [5.41, 5.74) is 6.16. The molecule has 1 heterocycles.